The summed E-state index contributed by atoms with van der Waals surface area (Å²) in [6.45, 7) is 0. The number of allylic oxidation sites excluding steroid dienone is 1. The van der Waals surface area contributed by atoms with Crippen molar-refractivity contribution in [1.29, 1.82) is 0 Å². The van der Waals surface area contributed by atoms with Crippen LogP contribution < -0.4 is 0 Å². The zero-order valence-corrected chi connectivity index (χ0v) is 21.1. The summed E-state index contributed by atoms with van der Waals surface area (Å²) in [6.07, 6.45) is 4.17. The van der Waals surface area contributed by atoms with Gasteiger partial charge in [0.1, 0.15) is 0 Å². The van der Waals surface area contributed by atoms with Crippen LogP contribution in [-0.4, -0.2) is 10.1 Å². The number of amidine groups is 1. The second-order valence-electron chi connectivity index (χ2n) is 8.44. The van der Waals surface area contributed by atoms with E-state index in [0.29, 0.717) is 0 Å². The van der Waals surface area contributed by atoms with Crippen LogP contribution in [0.1, 0.15) is 35.6 Å². The monoisotopic (exact) mass is 520 g/mol. The average Bonchev–Trinajstić information content (AvgIpc) is 3.45. The molecule has 3 aromatic carbocycles. The van der Waals surface area contributed by atoms with Gasteiger partial charge >= 0.3 is 0 Å². The van der Waals surface area contributed by atoms with Gasteiger partial charge in [0.25, 0.3) is 0 Å². The van der Waals surface area contributed by atoms with Gasteiger partial charge in [-0.15, -0.1) is 0 Å². The molecule has 168 valence electrons. The maximum atomic E-state index is 6.24. The zero-order chi connectivity index (χ0) is 23.2. The Morgan fingerprint density at radius 1 is 0.794 bits per heavy atom. The van der Waals surface area contributed by atoms with Crippen LogP contribution in [0.3, 0.4) is 0 Å². The molecule has 0 saturated carbocycles. The Morgan fingerprint density at radius 3 is 2.09 bits per heavy atom. The average molecular weight is 522 g/mol. The molecule has 2 nitrogen and oxygen atoms in total. The maximum Gasteiger partial charge on any atom is 0.174 e. The van der Waals surface area contributed by atoms with Crippen molar-refractivity contribution in [2.24, 2.45) is 4.99 Å². The molecule has 3 aliphatic rings. The third kappa shape index (κ3) is 4.01. The second kappa shape index (κ2) is 8.98. The molecule has 2 heterocycles. The summed E-state index contributed by atoms with van der Waals surface area (Å²) in [5.41, 5.74) is 8.33. The molecule has 1 aliphatic carbocycles. The second-order valence-corrected chi connectivity index (χ2v) is 10.6. The molecule has 6 rings (SSSR count). The molecule has 0 N–H and O–H groups in total. The van der Waals surface area contributed by atoms with E-state index in [0.717, 1.165) is 55.6 Å². The Kier molecular flexibility index (Phi) is 5.82. The molecule has 0 radical (unpaired) electrons. The van der Waals surface area contributed by atoms with Crippen LogP contribution in [0.2, 0.25) is 15.1 Å². The highest BCUT2D eigenvalue weighted by Crippen LogP contribution is 2.52. The minimum atomic E-state index is 0.0628. The number of hydrogen-bond donors (Lipinski definition) is 0. The van der Waals surface area contributed by atoms with Crippen molar-refractivity contribution in [1.82, 2.24) is 4.90 Å². The predicted molar refractivity (Wildman–Crippen MR) is 146 cm³/mol. The topological polar surface area (TPSA) is 15.6 Å². The number of thioether (sulfide) groups is 1. The van der Waals surface area contributed by atoms with Crippen LogP contribution in [0.25, 0.3) is 11.8 Å². The molecule has 0 aromatic heterocycles. The summed E-state index contributed by atoms with van der Waals surface area (Å²) >= 11 is 20.2. The number of nitrogens with zero attached hydrogens (tertiary/aromatic N) is 2. The SMILES string of the molecule is Clc1ccc(/C=C2\CCC3=C2N=C2SC=C(c4ccc(Cl)cc4)N2C3c2ccc(Cl)cc2)cc1. The van der Waals surface area contributed by atoms with Crippen molar-refractivity contribution >= 4 is 63.5 Å². The molecule has 0 spiro atoms. The minimum absolute atomic E-state index is 0.0628. The third-order valence-electron chi connectivity index (χ3n) is 6.35. The van der Waals surface area contributed by atoms with Crippen molar-refractivity contribution in [3.63, 3.8) is 0 Å². The lowest BCUT2D eigenvalue weighted by Crippen LogP contribution is -2.32. The van der Waals surface area contributed by atoms with Gasteiger partial charge in [0.05, 0.1) is 17.4 Å². The number of aliphatic imine (C=N–C) groups is 1. The van der Waals surface area contributed by atoms with Crippen LogP contribution in [0.4, 0.5) is 0 Å². The number of fused-ring (bicyclic) bond motifs is 1. The molecule has 1 atom stereocenters. The highest BCUT2D eigenvalue weighted by molar-refractivity contribution is 8.16. The Balaban J connectivity index is 1.46. The van der Waals surface area contributed by atoms with E-state index in [-0.39, 0.29) is 6.04 Å². The van der Waals surface area contributed by atoms with Gasteiger partial charge in [-0.3, -0.25) is 0 Å². The first kappa shape index (κ1) is 22.1. The summed E-state index contributed by atoms with van der Waals surface area (Å²) in [5.74, 6) is 0. The van der Waals surface area contributed by atoms with E-state index in [1.165, 1.54) is 16.7 Å². The smallest absolute Gasteiger partial charge is 0.174 e. The predicted octanol–water partition coefficient (Wildman–Crippen LogP) is 9.24. The van der Waals surface area contributed by atoms with E-state index in [9.17, 15) is 0 Å². The maximum absolute atomic E-state index is 6.24. The molecule has 3 aromatic rings. The first-order valence-corrected chi connectivity index (χ1v) is 13.0. The van der Waals surface area contributed by atoms with Gasteiger partial charge in [0.15, 0.2) is 5.17 Å². The van der Waals surface area contributed by atoms with Crippen molar-refractivity contribution in [2.45, 2.75) is 18.9 Å². The van der Waals surface area contributed by atoms with Gasteiger partial charge in [-0.05, 0) is 83.2 Å². The first-order valence-electron chi connectivity index (χ1n) is 11.0. The van der Waals surface area contributed by atoms with E-state index in [2.05, 4.69) is 52.8 Å². The fourth-order valence-corrected chi connectivity index (χ4v) is 6.06. The summed E-state index contributed by atoms with van der Waals surface area (Å²) in [5, 5.41) is 5.40. The molecule has 34 heavy (non-hydrogen) atoms. The lowest BCUT2D eigenvalue weighted by molar-refractivity contribution is 0.476. The molecular weight excluding hydrogens is 503 g/mol. The molecule has 0 amide bonds. The van der Waals surface area contributed by atoms with Gasteiger partial charge in [-0.25, -0.2) is 4.99 Å². The van der Waals surface area contributed by atoms with E-state index in [1.807, 2.05) is 36.4 Å². The van der Waals surface area contributed by atoms with E-state index >= 15 is 0 Å². The molecule has 2 aliphatic heterocycles. The van der Waals surface area contributed by atoms with Crippen LogP contribution in [-0.2, 0) is 0 Å². The summed E-state index contributed by atoms with van der Waals surface area (Å²) in [4.78, 5) is 7.54. The standard InChI is InChI=1S/C28H19Cl3N2S/c29-21-8-1-17(2-9-21)15-20-7-14-24-26(20)32-28-33(27(24)19-5-12-23(31)13-6-19)25(16-34-28)18-3-10-22(30)11-4-18/h1-6,8-13,15-16,27H,7,14H2/b20-15+. The molecule has 0 fully saturated rings. The van der Waals surface area contributed by atoms with Gasteiger partial charge in [0, 0.05) is 20.5 Å². The van der Waals surface area contributed by atoms with Gasteiger partial charge in [-0.2, -0.15) is 0 Å². The summed E-state index contributed by atoms with van der Waals surface area (Å²) in [7, 11) is 0. The largest absolute Gasteiger partial charge is 0.308 e. The summed E-state index contributed by atoms with van der Waals surface area (Å²) < 4.78 is 0. The Bertz CT molecular complexity index is 1390. The zero-order valence-electron chi connectivity index (χ0n) is 18.0. The number of benzene rings is 3. The Labute approximate surface area is 218 Å². The van der Waals surface area contributed by atoms with Gasteiger partial charge < -0.3 is 4.90 Å². The van der Waals surface area contributed by atoms with Crippen molar-refractivity contribution in [2.75, 3.05) is 0 Å². The van der Waals surface area contributed by atoms with Crippen LogP contribution >= 0.6 is 46.6 Å². The van der Waals surface area contributed by atoms with Crippen molar-refractivity contribution in [3.8, 4) is 0 Å². The highest BCUT2D eigenvalue weighted by Gasteiger charge is 2.41. The van der Waals surface area contributed by atoms with Crippen LogP contribution in [0, 0.1) is 0 Å². The van der Waals surface area contributed by atoms with E-state index in [1.54, 1.807) is 11.8 Å². The van der Waals surface area contributed by atoms with E-state index < -0.39 is 0 Å². The van der Waals surface area contributed by atoms with Crippen LogP contribution in [0.15, 0.2) is 100 Å². The minimum Gasteiger partial charge on any atom is -0.308 e. The number of hydrogen-bond acceptors (Lipinski definition) is 3. The lowest BCUT2D eigenvalue weighted by Gasteiger charge is -2.36. The first-order chi connectivity index (χ1) is 16.6. The fraction of sp³-hybridized carbons (Fsp3) is 0.107. The Hall–Kier alpha value is -2.43. The van der Waals surface area contributed by atoms with Gasteiger partial charge in [-0.1, -0.05) is 83.0 Å². The molecular formula is C28H19Cl3N2S. The fourth-order valence-electron chi connectivity index (χ4n) is 4.75. The van der Waals surface area contributed by atoms with Gasteiger partial charge in [0.2, 0.25) is 0 Å². The number of halogens is 3. The number of rotatable bonds is 3. The Morgan fingerprint density at radius 2 is 1.41 bits per heavy atom. The molecule has 0 saturated heterocycles. The van der Waals surface area contributed by atoms with Crippen molar-refractivity contribution in [3.05, 3.63) is 127 Å². The molecule has 0 bridgehead atoms. The third-order valence-corrected chi connectivity index (χ3v) is 7.94. The normalized spacial score (nSPS) is 20.4. The highest BCUT2D eigenvalue weighted by atomic mass is 35.5. The van der Waals surface area contributed by atoms with E-state index in [4.69, 9.17) is 39.8 Å². The quantitative estimate of drug-likeness (QED) is 0.341. The molecule has 1 unspecified atom stereocenters. The lowest BCUT2D eigenvalue weighted by atomic mass is 9.93. The molecule has 6 heteroatoms. The van der Waals surface area contributed by atoms with Crippen molar-refractivity contribution < 1.29 is 0 Å². The van der Waals surface area contributed by atoms with Crippen LogP contribution in [0.5, 0.6) is 0 Å². The summed E-state index contributed by atoms with van der Waals surface area (Å²) in [6, 6.07) is 24.2.